The maximum absolute atomic E-state index is 14.9. The number of aromatic amines is 1. The Hall–Kier alpha value is -2.92. The molecule has 3 atom stereocenters. The summed E-state index contributed by atoms with van der Waals surface area (Å²) < 4.78 is 41.7. The van der Waals surface area contributed by atoms with Crippen molar-refractivity contribution >= 4 is 5.97 Å². The second-order valence-electron chi connectivity index (χ2n) is 5.99. The van der Waals surface area contributed by atoms with Crippen LogP contribution in [0.2, 0.25) is 0 Å². The molecule has 1 saturated heterocycles. The second kappa shape index (κ2) is 7.00. The maximum Gasteiger partial charge on any atom is 0.344 e. The van der Waals surface area contributed by atoms with Crippen molar-refractivity contribution < 1.29 is 32.7 Å². The molecule has 0 saturated carbocycles. The van der Waals surface area contributed by atoms with Crippen LogP contribution < -0.4 is 15.8 Å². The molecule has 3 heterocycles. The number of ether oxygens (including phenoxy) is 2. The number of alkyl halides is 2. The number of aliphatic hydroxyl groups excluding tert-OH is 1. The molecule has 27 heavy (non-hydrogen) atoms. The van der Waals surface area contributed by atoms with Crippen LogP contribution in [0.3, 0.4) is 0 Å². The number of nitrogens with zero attached hydrogens (tertiary/aromatic N) is 2. The van der Waals surface area contributed by atoms with Gasteiger partial charge in [0.2, 0.25) is 6.23 Å². The van der Waals surface area contributed by atoms with Gasteiger partial charge in [0.05, 0.1) is 6.61 Å². The lowest BCUT2D eigenvalue weighted by Gasteiger charge is -2.23. The molecule has 0 aliphatic carbocycles. The first-order valence-electron chi connectivity index (χ1n) is 7.86. The van der Waals surface area contributed by atoms with Crippen LogP contribution in [-0.2, 0) is 16.5 Å². The lowest BCUT2D eigenvalue weighted by atomic mass is 10.1. The van der Waals surface area contributed by atoms with Crippen LogP contribution in [0.4, 0.5) is 8.78 Å². The number of hydrogen-bond acceptors (Lipinski definition) is 6. The van der Waals surface area contributed by atoms with E-state index in [1.54, 1.807) is 13.2 Å². The average molecular weight is 384 g/mol. The average Bonchev–Trinajstić information content (AvgIpc) is 2.85. The summed E-state index contributed by atoms with van der Waals surface area (Å²) in [7, 11) is 1.64. The smallest absolute Gasteiger partial charge is 0.344 e. The van der Waals surface area contributed by atoms with E-state index >= 15 is 0 Å². The van der Waals surface area contributed by atoms with Crippen molar-refractivity contribution in [2.45, 2.75) is 24.4 Å². The van der Waals surface area contributed by atoms with Gasteiger partial charge in [0.25, 0.3) is 5.56 Å². The number of hydrogen-bond donors (Lipinski definition) is 2. The van der Waals surface area contributed by atoms with Crippen LogP contribution in [-0.4, -0.2) is 45.4 Å². The monoisotopic (exact) mass is 384 g/mol. The van der Waals surface area contributed by atoms with E-state index in [2.05, 4.69) is 0 Å². The normalized spacial score (nSPS) is 23.9. The summed E-state index contributed by atoms with van der Waals surface area (Å²) in [6.45, 7) is -0.870. The number of halogens is 2. The number of carbonyl (C=O) groups excluding carboxylic acids is 1. The molecule has 2 N–H and O–H groups in total. The van der Waals surface area contributed by atoms with Gasteiger partial charge in [0.15, 0.2) is 18.5 Å². The Morgan fingerprint density at radius 3 is 2.81 bits per heavy atom. The fraction of sp³-hybridized carbons (Fsp3) is 0.375. The summed E-state index contributed by atoms with van der Waals surface area (Å²) in [5, 5.41) is 9.38. The van der Waals surface area contributed by atoms with Crippen LogP contribution in [0.1, 0.15) is 16.6 Å². The van der Waals surface area contributed by atoms with Crippen molar-refractivity contribution in [1.82, 2.24) is 9.55 Å². The van der Waals surface area contributed by atoms with Gasteiger partial charge in [-0.05, 0) is 6.07 Å². The molecular formula is C16H16F2N3O6+. The van der Waals surface area contributed by atoms with Crippen molar-refractivity contribution in [2.24, 2.45) is 7.05 Å². The molecule has 0 unspecified atom stereocenters. The molecule has 1 aliphatic rings. The number of carbonyl (C=O) groups is 1. The molecule has 0 radical (unpaired) electrons. The fourth-order valence-corrected chi connectivity index (χ4v) is 2.76. The maximum atomic E-state index is 14.9. The predicted molar refractivity (Wildman–Crippen MR) is 84.1 cm³/mol. The van der Waals surface area contributed by atoms with Gasteiger partial charge in [-0.25, -0.2) is 14.2 Å². The van der Waals surface area contributed by atoms with Crippen molar-refractivity contribution in [3.8, 4) is 0 Å². The predicted octanol–water partition coefficient (Wildman–Crippen LogP) is -0.888. The van der Waals surface area contributed by atoms with Gasteiger partial charge in [-0.3, -0.25) is 14.3 Å². The molecule has 1 aliphatic heterocycles. The Kier molecular flexibility index (Phi) is 4.89. The summed E-state index contributed by atoms with van der Waals surface area (Å²) in [5.41, 5.74) is -1.86. The van der Waals surface area contributed by atoms with Gasteiger partial charge < -0.3 is 14.6 Å². The van der Waals surface area contributed by atoms with Crippen LogP contribution >= 0.6 is 0 Å². The highest BCUT2D eigenvalue weighted by Gasteiger charge is 2.62. The lowest BCUT2D eigenvalue weighted by molar-refractivity contribution is -0.671. The zero-order valence-corrected chi connectivity index (χ0v) is 14.0. The van der Waals surface area contributed by atoms with Gasteiger partial charge in [-0.2, -0.15) is 8.78 Å². The first-order valence-corrected chi connectivity index (χ1v) is 7.86. The number of rotatable bonds is 4. The zero-order valence-electron chi connectivity index (χ0n) is 14.0. The quantitative estimate of drug-likeness (QED) is 0.522. The minimum absolute atomic E-state index is 0.0251. The first-order chi connectivity index (χ1) is 12.7. The molecule has 1 fully saturated rings. The topological polar surface area (TPSA) is 114 Å². The van der Waals surface area contributed by atoms with Crippen LogP contribution in [0.25, 0.3) is 0 Å². The van der Waals surface area contributed by atoms with Crippen molar-refractivity contribution in [1.29, 1.82) is 0 Å². The Morgan fingerprint density at radius 2 is 2.19 bits per heavy atom. The highest BCUT2D eigenvalue weighted by molar-refractivity contribution is 5.88. The molecule has 0 spiro atoms. The molecule has 144 valence electrons. The molecule has 0 bridgehead atoms. The Bertz CT molecular complexity index is 973. The number of nitrogens with one attached hydrogen (secondary N) is 1. The van der Waals surface area contributed by atoms with Crippen LogP contribution in [0.15, 0.2) is 46.4 Å². The standard InChI is InChI=1S/C16H15F2N3O6/c1-20-5-2-3-9(7-20)13(24)27-12-10(8-22)26-14(16(12,17)18)21-6-4-11(23)19-15(21)25/h2-7,10,12,14,22H,8H2,1H3/p+1/t10-,12-,14-/m1/s1. The number of pyridine rings is 1. The minimum atomic E-state index is -3.85. The van der Waals surface area contributed by atoms with Gasteiger partial charge in [0.1, 0.15) is 18.7 Å². The fourth-order valence-electron chi connectivity index (χ4n) is 2.76. The summed E-state index contributed by atoms with van der Waals surface area (Å²) in [4.78, 5) is 37.0. The number of aryl methyl sites for hydroxylation is 1. The highest BCUT2D eigenvalue weighted by atomic mass is 19.3. The van der Waals surface area contributed by atoms with Crippen molar-refractivity contribution in [3.63, 3.8) is 0 Å². The number of H-pyrrole nitrogens is 1. The van der Waals surface area contributed by atoms with E-state index in [9.17, 15) is 28.3 Å². The zero-order chi connectivity index (χ0) is 19.8. The van der Waals surface area contributed by atoms with Gasteiger partial charge in [-0.15, -0.1) is 0 Å². The van der Waals surface area contributed by atoms with E-state index < -0.39 is 48.2 Å². The Morgan fingerprint density at radius 1 is 1.44 bits per heavy atom. The third kappa shape index (κ3) is 3.51. The third-order valence-electron chi connectivity index (χ3n) is 4.04. The first kappa shape index (κ1) is 18.9. The number of esters is 1. The number of aliphatic hydroxyl groups is 1. The molecule has 11 heteroatoms. The minimum Gasteiger partial charge on any atom is -0.449 e. The van der Waals surface area contributed by atoms with Crippen molar-refractivity contribution in [2.75, 3.05) is 6.61 Å². The molecule has 2 aromatic heterocycles. The van der Waals surface area contributed by atoms with Gasteiger partial charge >= 0.3 is 17.6 Å². The molecule has 0 aromatic carbocycles. The van der Waals surface area contributed by atoms with Gasteiger partial charge in [-0.1, -0.05) is 0 Å². The Labute approximate surface area is 150 Å². The van der Waals surface area contributed by atoms with E-state index in [-0.39, 0.29) is 5.56 Å². The summed E-state index contributed by atoms with van der Waals surface area (Å²) >= 11 is 0. The van der Waals surface area contributed by atoms with Crippen LogP contribution in [0, 0.1) is 0 Å². The summed E-state index contributed by atoms with van der Waals surface area (Å²) in [6.07, 6.45) is -2.00. The van der Waals surface area contributed by atoms with E-state index in [4.69, 9.17) is 9.47 Å². The van der Waals surface area contributed by atoms with E-state index in [1.807, 2.05) is 4.98 Å². The third-order valence-corrected chi connectivity index (χ3v) is 4.04. The summed E-state index contributed by atoms with van der Waals surface area (Å²) in [6, 6.07) is 3.79. The molecule has 3 rings (SSSR count). The lowest BCUT2D eigenvalue weighted by Crippen LogP contribution is -2.45. The molecule has 9 nitrogen and oxygen atoms in total. The SMILES string of the molecule is C[n+]1cccc(C(=O)O[C@@H]2[C@@H](CO)O[C@@H](n3ccc(=O)[nH]c3=O)C2(F)F)c1. The second-order valence-corrected chi connectivity index (χ2v) is 5.99. The molecular weight excluding hydrogens is 368 g/mol. The summed E-state index contributed by atoms with van der Waals surface area (Å²) in [5.74, 6) is -4.88. The largest absolute Gasteiger partial charge is 0.449 e. The van der Waals surface area contributed by atoms with Crippen LogP contribution in [0.5, 0.6) is 0 Å². The number of aromatic nitrogens is 3. The molecule has 0 amide bonds. The van der Waals surface area contributed by atoms with E-state index in [1.165, 1.54) is 22.9 Å². The molecule has 2 aromatic rings. The van der Waals surface area contributed by atoms with E-state index in [0.29, 0.717) is 4.57 Å². The van der Waals surface area contributed by atoms with E-state index in [0.717, 1.165) is 12.3 Å². The highest BCUT2D eigenvalue weighted by Crippen LogP contribution is 2.43. The Balaban J connectivity index is 1.91. The van der Waals surface area contributed by atoms with Crippen molar-refractivity contribution in [3.05, 3.63) is 63.2 Å². The van der Waals surface area contributed by atoms with Gasteiger partial charge in [0, 0.05) is 18.3 Å².